The largest absolute Gasteiger partial charge is 0.339 e. The molecule has 0 N–H and O–H groups in total. The molecule has 25 heavy (non-hydrogen) atoms. The van der Waals surface area contributed by atoms with E-state index in [1.165, 1.54) is 18.4 Å². The maximum absolute atomic E-state index is 12.4. The lowest BCUT2D eigenvalue weighted by atomic mass is 10.1. The molecule has 2 aliphatic rings. The van der Waals surface area contributed by atoms with Crippen LogP contribution in [0.25, 0.3) is 0 Å². The standard InChI is InChI=1S/C19H25N5O/c25-19(22-9-1-2-10-22)17-7-5-16(6-8-17)12-23-11-3-4-18(23)13-24-15-20-14-21-24/h5-8,14-15,18H,1-4,9-13H2. The summed E-state index contributed by atoms with van der Waals surface area (Å²) in [6.07, 6.45) is 8.07. The second-order valence-corrected chi connectivity index (χ2v) is 7.08. The average Bonchev–Trinajstić information content (AvgIpc) is 3.39. The average molecular weight is 339 g/mol. The molecule has 1 aromatic carbocycles. The van der Waals surface area contributed by atoms with Crippen molar-refractivity contribution in [1.82, 2.24) is 24.6 Å². The van der Waals surface area contributed by atoms with Gasteiger partial charge in [0.25, 0.3) is 5.91 Å². The Hall–Kier alpha value is -2.21. The summed E-state index contributed by atoms with van der Waals surface area (Å²) < 4.78 is 1.92. The molecule has 2 saturated heterocycles. The zero-order valence-corrected chi connectivity index (χ0v) is 14.5. The Morgan fingerprint density at radius 2 is 1.88 bits per heavy atom. The van der Waals surface area contributed by atoms with Gasteiger partial charge in [-0.3, -0.25) is 14.4 Å². The van der Waals surface area contributed by atoms with Gasteiger partial charge in [0.05, 0.1) is 6.54 Å². The van der Waals surface area contributed by atoms with Crippen LogP contribution < -0.4 is 0 Å². The number of rotatable bonds is 5. The maximum atomic E-state index is 12.4. The van der Waals surface area contributed by atoms with Gasteiger partial charge in [-0.25, -0.2) is 4.98 Å². The van der Waals surface area contributed by atoms with Crippen LogP contribution >= 0.6 is 0 Å². The first-order chi connectivity index (χ1) is 12.3. The molecule has 0 radical (unpaired) electrons. The van der Waals surface area contributed by atoms with E-state index in [1.54, 1.807) is 12.7 Å². The molecule has 0 bridgehead atoms. The van der Waals surface area contributed by atoms with Crippen molar-refractivity contribution in [3.8, 4) is 0 Å². The number of nitrogens with zero attached hydrogens (tertiary/aromatic N) is 5. The lowest BCUT2D eigenvalue weighted by Crippen LogP contribution is -2.32. The van der Waals surface area contributed by atoms with E-state index in [4.69, 9.17) is 0 Å². The van der Waals surface area contributed by atoms with Crippen LogP contribution in [-0.2, 0) is 13.1 Å². The molecule has 1 aromatic heterocycles. The number of carbonyl (C=O) groups is 1. The quantitative estimate of drug-likeness (QED) is 0.838. The van der Waals surface area contributed by atoms with Gasteiger partial charge < -0.3 is 4.90 Å². The zero-order chi connectivity index (χ0) is 17.1. The highest BCUT2D eigenvalue weighted by atomic mass is 16.2. The lowest BCUT2D eigenvalue weighted by Gasteiger charge is -2.24. The van der Waals surface area contributed by atoms with Crippen molar-refractivity contribution < 1.29 is 4.79 Å². The number of likely N-dealkylation sites (tertiary alicyclic amines) is 2. The van der Waals surface area contributed by atoms with Crippen molar-refractivity contribution >= 4 is 5.91 Å². The molecule has 3 heterocycles. The van der Waals surface area contributed by atoms with E-state index < -0.39 is 0 Å². The van der Waals surface area contributed by atoms with Crippen LogP contribution in [0.2, 0.25) is 0 Å². The first-order valence-electron chi connectivity index (χ1n) is 9.24. The highest BCUT2D eigenvalue weighted by Crippen LogP contribution is 2.22. The summed E-state index contributed by atoms with van der Waals surface area (Å²) in [6.45, 7) is 4.74. The van der Waals surface area contributed by atoms with Gasteiger partial charge in [0.1, 0.15) is 12.7 Å². The normalized spacial score (nSPS) is 21.1. The van der Waals surface area contributed by atoms with Gasteiger partial charge in [-0.1, -0.05) is 12.1 Å². The third-order valence-electron chi connectivity index (χ3n) is 5.34. The molecule has 2 aromatic rings. The van der Waals surface area contributed by atoms with Crippen LogP contribution in [-0.4, -0.2) is 56.1 Å². The van der Waals surface area contributed by atoms with Gasteiger partial charge in [-0.05, 0) is 49.9 Å². The molecule has 132 valence electrons. The minimum atomic E-state index is 0.175. The molecule has 1 atom stereocenters. The van der Waals surface area contributed by atoms with E-state index in [1.807, 2.05) is 21.7 Å². The van der Waals surface area contributed by atoms with Crippen molar-refractivity contribution in [3.05, 3.63) is 48.0 Å². The fourth-order valence-electron chi connectivity index (χ4n) is 3.94. The summed E-state index contributed by atoms with van der Waals surface area (Å²) in [5.41, 5.74) is 2.08. The zero-order valence-electron chi connectivity index (χ0n) is 14.5. The summed E-state index contributed by atoms with van der Waals surface area (Å²) >= 11 is 0. The molecular formula is C19H25N5O. The van der Waals surface area contributed by atoms with Crippen molar-refractivity contribution in [3.63, 3.8) is 0 Å². The Kier molecular flexibility index (Phi) is 4.78. The Morgan fingerprint density at radius 1 is 1.08 bits per heavy atom. The highest BCUT2D eigenvalue weighted by Gasteiger charge is 2.25. The predicted octanol–water partition coefficient (Wildman–Crippen LogP) is 2.18. The van der Waals surface area contributed by atoms with E-state index in [9.17, 15) is 4.79 Å². The second-order valence-electron chi connectivity index (χ2n) is 7.08. The van der Waals surface area contributed by atoms with Crippen LogP contribution in [0.4, 0.5) is 0 Å². The fourth-order valence-corrected chi connectivity index (χ4v) is 3.94. The lowest BCUT2D eigenvalue weighted by molar-refractivity contribution is 0.0793. The van der Waals surface area contributed by atoms with Crippen molar-refractivity contribution in [2.24, 2.45) is 0 Å². The van der Waals surface area contributed by atoms with Crippen LogP contribution in [0, 0.1) is 0 Å². The number of hydrogen-bond donors (Lipinski definition) is 0. The van der Waals surface area contributed by atoms with Crippen molar-refractivity contribution in [2.45, 2.75) is 44.8 Å². The molecule has 0 saturated carbocycles. The number of carbonyl (C=O) groups excluding carboxylic acids is 1. The van der Waals surface area contributed by atoms with E-state index in [2.05, 4.69) is 27.1 Å². The highest BCUT2D eigenvalue weighted by molar-refractivity contribution is 5.94. The fraction of sp³-hybridized carbons (Fsp3) is 0.526. The molecule has 0 spiro atoms. The SMILES string of the molecule is O=C(c1ccc(CN2CCCC2Cn2cncn2)cc1)N1CCCC1. The maximum Gasteiger partial charge on any atom is 0.253 e. The smallest absolute Gasteiger partial charge is 0.253 e. The molecule has 6 heteroatoms. The van der Waals surface area contributed by atoms with Crippen LogP contribution in [0.3, 0.4) is 0 Å². The summed E-state index contributed by atoms with van der Waals surface area (Å²) in [6, 6.07) is 8.69. The van der Waals surface area contributed by atoms with E-state index in [0.29, 0.717) is 6.04 Å². The van der Waals surface area contributed by atoms with E-state index >= 15 is 0 Å². The summed E-state index contributed by atoms with van der Waals surface area (Å²) in [5, 5.41) is 4.23. The second kappa shape index (κ2) is 7.35. The molecule has 2 fully saturated rings. The number of benzene rings is 1. The molecule has 1 amide bonds. The Morgan fingerprint density at radius 3 is 2.60 bits per heavy atom. The molecule has 4 rings (SSSR count). The Bertz CT molecular complexity index is 691. The van der Waals surface area contributed by atoms with Crippen LogP contribution in [0.15, 0.2) is 36.9 Å². The van der Waals surface area contributed by atoms with Crippen LogP contribution in [0.5, 0.6) is 0 Å². The van der Waals surface area contributed by atoms with E-state index in [0.717, 1.165) is 51.1 Å². The van der Waals surface area contributed by atoms with Gasteiger partial charge in [0.15, 0.2) is 0 Å². The van der Waals surface area contributed by atoms with Crippen molar-refractivity contribution in [1.29, 1.82) is 0 Å². The third-order valence-corrected chi connectivity index (χ3v) is 5.34. The van der Waals surface area contributed by atoms with Crippen LogP contribution in [0.1, 0.15) is 41.6 Å². The Balaban J connectivity index is 1.37. The van der Waals surface area contributed by atoms with Gasteiger partial charge in [0, 0.05) is 31.2 Å². The summed E-state index contributed by atoms with van der Waals surface area (Å²) in [5.74, 6) is 0.175. The first-order valence-corrected chi connectivity index (χ1v) is 9.24. The monoisotopic (exact) mass is 339 g/mol. The minimum absolute atomic E-state index is 0.175. The summed E-state index contributed by atoms with van der Waals surface area (Å²) in [4.78, 5) is 20.9. The number of aromatic nitrogens is 3. The third kappa shape index (κ3) is 3.74. The van der Waals surface area contributed by atoms with Gasteiger partial charge in [0.2, 0.25) is 0 Å². The van der Waals surface area contributed by atoms with Gasteiger partial charge in [-0.15, -0.1) is 0 Å². The minimum Gasteiger partial charge on any atom is -0.339 e. The molecular weight excluding hydrogens is 314 g/mol. The molecule has 1 unspecified atom stereocenters. The number of amides is 1. The topological polar surface area (TPSA) is 54.3 Å². The van der Waals surface area contributed by atoms with Gasteiger partial charge in [-0.2, -0.15) is 5.10 Å². The summed E-state index contributed by atoms with van der Waals surface area (Å²) in [7, 11) is 0. The molecule has 2 aliphatic heterocycles. The van der Waals surface area contributed by atoms with Gasteiger partial charge >= 0.3 is 0 Å². The van der Waals surface area contributed by atoms with Crippen molar-refractivity contribution in [2.75, 3.05) is 19.6 Å². The van der Waals surface area contributed by atoms with E-state index in [-0.39, 0.29) is 5.91 Å². The molecule has 6 nitrogen and oxygen atoms in total. The first kappa shape index (κ1) is 16.3. The Labute approximate surface area is 148 Å². The number of hydrogen-bond acceptors (Lipinski definition) is 4. The predicted molar refractivity (Wildman–Crippen MR) is 95.0 cm³/mol. The molecule has 0 aliphatic carbocycles.